The first kappa shape index (κ1) is 21.4. The molecule has 7 nitrogen and oxygen atoms in total. The highest BCUT2D eigenvalue weighted by atomic mass is 16.5. The summed E-state index contributed by atoms with van der Waals surface area (Å²) < 4.78 is 6.70. The van der Waals surface area contributed by atoms with Crippen molar-refractivity contribution in [3.8, 4) is 11.4 Å². The number of rotatable bonds is 6. The second-order valence-electron chi connectivity index (χ2n) is 7.78. The minimum atomic E-state index is -0.204. The summed E-state index contributed by atoms with van der Waals surface area (Å²) in [4.78, 5) is 37.4. The Hall–Kier alpha value is -3.87. The Morgan fingerprint density at radius 2 is 1.56 bits per heavy atom. The van der Waals surface area contributed by atoms with Crippen LogP contribution >= 0.6 is 0 Å². The zero-order valence-electron chi connectivity index (χ0n) is 17.8. The molecule has 2 atom stereocenters. The number of carbonyl (C=O) groups excluding carboxylic acids is 2. The maximum Gasteiger partial charge on any atom is 0.255 e. The summed E-state index contributed by atoms with van der Waals surface area (Å²) >= 11 is 0. The van der Waals surface area contributed by atoms with Crippen LogP contribution in [0, 0.1) is 0 Å². The number of methoxy groups -OCH3 is 1. The van der Waals surface area contributed by atoms with Crippen LogP contribution in [-0.4, -0.2) is 35.6 Å². The fraction of sp³-hybridized carbons (Fsp3) is 0.240. The van der Waals surface area contributed by atoms with Crippen molar-refractivity contribution < 1.29 is 14.3 Å². The van der Waals surface area contributed by atoms with Gasteiger partial charge in [-0.1, -0.05) is 12.1 Å². The minimum absolute atomic E-state index is 0.134. The largest absolute Gasteiger partial charge is 0.497 e. The lowest BCUT2D eigenvalue weighted by Gasteiger charge is -2.22. The van der Waals surface area contributed by atoms with E-state index in [1.54, 1.807) is 74.0 Å². The van der Waals surface area contributed by atoms with E-state index in [0.29, 0.717) is 22.6 Å². The van der Waals surface area contributed by atoms with Crippen LogP contribution in [0.25, 0.3) is 5.69 Å². The van der Waals surface area contributed by atoms with Gasteiger partial charge in [0.1, 0.15) is 5.75 Å². The molecule has 7 heteroatoms. The van der Waals surface area contributed by atoms with Gasteiger partial charge >= 0.3 is 0 Å². The Morgan fingerprint density at radius 1 is 0.875 bits per heavy atom. The van der Waals surface area contributed by atoms with Gasteiger partial charge in [0.05, 0.1) is 7.11 Å². The molecular formula is C25H25N3O4. The van der Waals surface area contributed by atoms with Crippen molar-refractivity contribution in [2.24, 2.45) is 0 Å². The first-order valence-electron chi connectivity index (χ1n) is 10.6. The molecule has 3 aromatic rings. The second-order valence-corrected chi connectivity index (χ2v) is 7.78. The van der Waals surface area contributed by atoms with Crippen LogP contribution < -0.4 is 20.9 Å². The Morgan fingerprint density at radius 3 is 2.22 bits per heavy atom. The fourth-order valence-electron chi connectivity index (χ4n) is 3.99. The molecule has 1 heterocycles. The number of nitrogens with zero attached hydrogens (tertiary/aromatic N) is 1. The van der Waals surface area contributed by atoms with Crippen LogP contribution in [0.15, 0.2) is 77.7 Å². The zero-order valence-corrected chi connectivity index (χ0v) is 17.8. The molecule has 4 rings (SSSR count). The molecule has 1 unspecified atom stereocenters. The predicted molar refractivity (Wildman–Crippen MR) is 121 cm³/mol. The highest BCUT2D eigenvalue weighted by Gasteiger charge is 2.30. The topological polar surface area (TPSA) is 89.4 Å². The van der Waals surface area contributed by atoms with E-state index in [2.05, 4.69) is 10.6 Å². The summed E-state index contributed by atoms with van der Waals surface area (Å²) in [5.74, 6) is 0.229. The maximum absolute atomic E-state index is 12.8. The van der Waals surface area contributed by atoms with Crippen molar-refractivity contribution in [2.45, 2.75) is 31.3 Å². The molecule has 1 aromatic heterocycles. The number of amides is 2. The Kier molecular flexibility index (Phi) is 6.35. The van der Waals surface area contributed by atoms with Crippen molar-refractivity contribution in [1.82, 2.24) is 15.2 Å². The smallest absolute Gasteiger partial charge is 0.255 e. The third-order valence-electron chi connectivity index (χ3n) is 5.71. The molecule has 1 saturated carbocycles. The molecule has 0 saturated heterocycles. The lowest BCUT2D eigenvalue weighted by Crippen LogP contribution is -2.48. The van der Waals surface area contributed by atoms with Crippen LogP contribution in [0.2, 0.25) is 0 Å². The highest BCUT2D eigenvalue weighted by Crippen LogP contribution is 2.21. The van der Waals surface area contributed by atoms with E-state index in [1.807, 2.05) is 0 Å². The van der Waals surface area contributed by atoms with Gasteiger partial charge in [0.15, 0.2) is 0 Å². The summed E-state index contributed by atoms with van der Waals surface area (Å²) in [6, 6.07) is 18.5. The molecule has 0 aliphatic heterocycles. The molecule has 32 heavy (non-hydrogen) atoms. The molecule has 0 bridgehead atoms. The lowest BCUT2D eigenvalue weighted by atomic mass is 10.1. The maximum atomic E-state index is 12.8. The zero-order chi connectivity index (χ0) is 22.5. The van der Waals surface area contributed by atoms with Crippen LogP contribution in [-0.2, 0) is 0 Å². The van der Waals surface area contributed by atoms with Crippen molar-refractivity contribution >= 4 is 11.8 Å². The van der Waals surface area contributed by atoms with E-state index in [-0.39, 0.29) is 29.5 Å². The number of nitrogens with one attached hydrogen (secondary N) is 2. The van der Waals surface area contributed by atoms with Crippen LogP contribution in [0.1, 0.15) is 40.0 Å². The molecular weight excluding hydrogens is 406 g/mol. The van der Waals surface area contributed by atoms with Crippen molar-refractivity contribution in [2.75, 3.05) is 7.11 Å². The lowest BCUT2D eigenvalue weighted by molar-refractivity contribution is 0.0891. The molecule has 2 N–H and O–H groups in total. The average molecular weight is 431 g/mol. The van der Waals surface area contributed by atoms with Crippen LogP contribution in [0.3, 0.4) is 0 Å². The molecule has 2 amide bonds. The van der Waals surface area contributed by atoms with Gasteiger partial charge in [-0.2, -0.15) is 0 Å². The number of ether oxygens (including phenoxy) is 1. The van der Waals surface area contributed by atoms with E-state index in [1.165, 1.54) is 10.6 Å². The number of benzene rings is 2. The first-order valence-corrected chi connectivity index (χ1v) is 10.6. The number of carbonyl (C=O) groups is 2. The fourth-order valence-corrected chi connectivity index (χ4v) is 3.99. The van der Waals surface area contributed by atoms with Crippen molar-refractivity contribution in [3.63, 3.8) is 0 Å². The van der Waals surface area contributed by atoms with Gasteiger partial charge in [-0.25, -0.2) is 0 Å². The number of pyridine rings is 1. The van der Waals surface area contributed by atoms with Crippen LogP contribution in [0.5, 0.6) is 5.75 Å². The van der Waals surface area contributed by atoms with Crippen LogP contribution in [0.4, 0.5) is 0 Å². The summed E-state index contributed by atoms with van der Waals surface area (Å²) in [6.07, 6.45) is 4.21. The normalized spacial score (nSPS) is 17.5. The van der Waals surface area contributed by atoms with Gasteiger partial charge in [-0.05, 0) is 67.8 Å². The molecule has 1 fully saturated rings. The summed E-state index contributed by atoms with van der Waals surface area (Å²) in [6.45, 7) is 0. The van der Waals surface area contributed by atoms with Gasteiger partial charge in [-0.15, -0.1) is 0 Å². The van der Waals surface area contributed by atoms with Crippen molar-refractivity contribution in [3.05, 3.63) is 94.4 Å². The Balaban J connectivity index is 1.40. The molecule has 0 radical (unpaired) electrons. The Labute approximate surface area is 186 Å². The third kappa shape index (κ3) is 4.72. The van der Waals surface area contributed by atoms with E-state index in [0.717, 1.165) is 19.3 Å². The SMILES string of the molecule is COc1cccc(C(=O)N[C@@H]2CCCC2NC(=O)c2ccc(-n3ccccc3=O)cc2)c1. The number of hydrogen-bond acceptors (Lipinski definition) is 4. The first-order chi connectivity index (χ1) is 15.5. The summed E-state index contributed by atoms with van der Waals surface area (Å²) in [7, 11) is 1.56. The monoisotopic (exact) mass is 431 g/mol. The summed E-state index contributed by atoms with van der Waals surface area (Å²) in [5.41, 5.74) is 1.58. The molecule has 0 spiro atoms. The molecule has 1 aliphatic rings. The van der Waals surface area contributed by atoms with Gasteiger partial charge in [0.25, 0.3) is 17.4 Å². The minimum Gasteiger partial charge on any atom is -0.497 e. The number of aromatic nitrogens is 1. The van der Waals surface area contributed by atoms with Crippen molar-refractivity contribution in [1.29, 1.82) is 0 Å². The standard InChI is InChI=1S/C25H25N3O4/c1-32-20-7-4-6-18(16-20)25(31)27-22-9-5-8-21(22)26-24(30)17-11-13-19(14-12-17)28-15-3-2-10-23(28)29/h2-4,6-7,10-16,21-22H,5,8-9H2,1H3,(H,26,30)(H,27,31)/t21?,22-/m1/s1. The van der Waals surface area contributed by atoms with Gasteiger partial charge in [0, 0.05) is 41.2 Å². The second kappa shape index (κ2) is 9.51. The Bertz CT molecular complexity index is 1170. The van der Waals surface area contributed by atoms with E-state index < -0.39 is 0 Å². The van der Waals surface area contributed by atoms with Gasteiger partial charge in [0.2, 0.25) is 0 Å². The molecule has 2 aromatic carbocycles. The van der Waals surface area contributed by atoms with Gasteiger partial charge in [-0.3, -0.25) is 19.0 Å². The average Bonchev–Trinajstić information content (AvgIpc) is 3.25. The molecule has 164 valence electrons. The van der Waals surface area contributed by atoms with E-state index >= 15 is 0 Å². The third-order valence-corrected chi connectivity index (χ3v) is 5.71. The van der Waals surface area contributed by atoms with E-state index in [4.69, 9.17) is 4.74 Å². The van der Waals surface area contributed by atoms with Gasteiger partial charge < -0.3 is 15.4 Å². The molecule has 1 aliphatic carbocycles. The number of hydrogen-bond donors (Lipinski definition) is 2. The highest BCUT2D eigenvalue weighted by molar-refractivity contribution is 5.96. The predicted octanol–water partition coefficient (Wildman–Crippen LogP) is 2.93. The summed E-state index contributed by atoms with van der Waals surface area (Å²) in [5, 5.41) is 6.09. The van der Waals surface area contributed by atoms with E-state index in [9.17, 15) is 14.4 Å². The quantitative estimate of drug-likeness (QED) is 0.628.